The Bertz CT molecular complexity index is 726. The summed E-state index contributed by atoms with van der Waals surface area (Å²) in [5, 5.41) is 9.31. The van der Waals surface area contributed by atoms with Gasteiger partial charge in [-0.25, -0.2) is 0 Å². The standard InChI is InChI=1S/C19H24N4O2/c1-14(24)23-17-6-4-5-16(11-17)13-22-19(20-2)21-12-15-7-9-18(25-3)10-8-15/h4-11H,12-13H2,1-3H3,(H,23,24)(H2,20,21,22). The third-order valence-corrected chi connectivity index (χ3v) is 3.55. The Kier molecular flexibility index (Phi) is 6.83. The lowest BCUT2D eigenvalue weighted by Gasteiger charge is -2.13. The van der Waals surface area contributed by atoms with Gasteiger partial charge in [-0.1, -0.05) is 24.3 Å². The molecule has 132 valence electrons. The summed E-state index contributed by atoms with van der Waals surface area (Å²) >= 11 is 0. The number of amides is 1. The number of hydrogen-bond acceptors (Lipinski definition) is 3. The number of rotatable bonds is 6. The molecule has 25 heavy (non-hydrogen) atoms. The topological polar surface area (TPSA) is 74.8 Å². The van der Waals surface area contributed by atoms with Crippen LogP contribution in [0.1, 0.15) is 18.1 Å². The molecular formula is C19H24N4O2. The Morgan fingerprint density at radius 2 is 1.72 bits per heavy atom. The molecule has 0 aliphatic carbocycles. The number of guanidine groups is 1. The highest BCUT2D eigenvalue weighted by Gasteiger charge is 2.01. The summed E-state index contributed by atoms with van der Waals surface area (Å²) in [4.78, 5) is 15.4. The maximum Gasteiger partial charge on any atom is 0.221 e. The molecule has 0 bridgehead atoms. The van der Waals surface area contributed by atoms with Gasteiger partial charge >= 0.3 is 0 Å². The first-order chi connectivity index (χ1) is 12.1. The number of anilines is 1. The minimum atomic E-state index is -0.0814. The molecule has 6 nitrogen and oxygen atoms in total. The average molecular weight is 340 g/mol. The molecule has 0 saturated heterocycles. The lowest BCUT2D eigenvalue weighted by molar-refractivity contribution is -0.114. The van der Waals surface area contributed by atoms with Crippen LogP contribution < -0.4 is 20.7 Å². The van der Waals surface area contributed by atoms with Crippen molar-refractivity contribution in [3.05, 3.63) is 59.7 Å². The van der Waals surface area contributed by atoms with Crippen molar-refractivity contribution in [3.63, 3.8) is 0 Å². The molecule has 2 aromatic carbocycles. The fourth-order valence-corrected chi connectivity index (χ4v) is 2.30. The number of methoxy groups -OCH3 is 1. The first kappa shape index (κ1) is 18.3. The molecule has 3 N–H and O–H groups in total. The van der Waals surface area contributed by atoms with E-state index in [1.807, 2.05) is 48.5 Å². The predicted molar refractivity (Wildman–Crippen MR) is 101 cm³/mol. The van der Waals surface area contributed by atoms with E-state index in [2.05, 4.69) is 20.9 Å². The van der Waals surface area contributed by atoms with Crippen molar-refractivity contribution in [2.24, 2.45) is 4.99 Å². The van der Waals surface area contributed by atoms with E-state index in [0.29, 0.717) is 19.0 Å². The molecule has 0 aromatic heterocycles. The van der Waals surface area contributed by atoms with Crippen LogP contribution in [-0.2, 0) is 17.9 Å². The fourth-order valence-electron chi connectivity index (χ4n) is 2.30. The highest BCUT2D eigenvalue weighted by molar-refractivity contribution is 5.88. The molecule has 0 aliphatic rings. The predicted octanol–water partition coefficient (Wildman–Crippen LogP) is 2.52. The van der Waals surface area contributed by atoms with Crippen LogP contribution in [0.15, 0.2) is 53.5 Å². The maximum atomic E-state index is 11.1. The quantitative estimate of drug-likeness (QED) is 0.558. The highest BCUT2D eigenvalue weighted by atomic mass is 16.5. The number of aliphatic imine (C=N–C) groups is 1. The maximum absolute atomic E-state index is 11.1. The molecule has 2 rings (SSSR count). The van der Waals surface area contributed by atoms with Crippen molar-refractivity contribution in [2.45, 2.75) is 20.0 Å². The van der Waals surface area contributed by atoms with Crippen LogP contribution in [0.2, 0.25) is 0 Å². The zero-order valence-electron chi connectivity index (χ0n) is 14.8. The smallest absolute Gasteiger partial charge is 0.221 e. The largest absolute Gasteiger partial charge is 0.497 e. The van der Waals surface area contributed by atoms with Crippen LogP contribution in [0.3, 0.4) is 0 Å². The lowest BCUT2D eigenvalue weighted by Crippen LogP contribution is -2.36. The number of ether oxygens (including phenoxy) is 1. The van der Waals surface area contributed by atoms with E-state index in [4.69, 9.17) is 4.74 Å². The molecule has 0 aliphatic heterocycles. The second kappa shape index (κ2) is 9.32. The molecule has 0 saturated carbocycles. The van der Waals surface area contributed by atoms with E-state index in [9.17, 15) is 4.79 Å². The second-order valence-electron chi connectivity index (χ2n) is 5.51. The van der Waals surface area contributed by atoms with Gasteiger partial charge in [0.2, 0.25) is 5.91 Å². The minimum Gasteiger partial charge on any atom is -0.497 e. The van der Waals surface area contributed by atoms with Crippen LogP contribution in [0.4, 0.5) is 5.69 Å². The van der Waals surface area contributed by atoms with Gasteiger partial charge in [-0.2, -0.15) is 0 Å². The lowest BCUT2D eigenvalue weighted by atomic mass is 10.2. The summed E-state index contributed by atoms with van der Waals surface area (Å²) in [6.45, 7) is 2.77. The average Bonchev–Trinajstić information content (AvgIpc) is 2.62. The van der Waals surface area contributed by atoms with Crippen molar-refractivity contribution < 1.29 is 9.53 Å². The van der Waals surface area contributed by atoms with Crippen LogP contribution in [-0.4, -0.2) is 26.0 Å². The minimum absolute atomic E-state index is 0.0814. The molecule has 6 heteroatoms. The molecular weight excluding hydrogens is 316 g/mol. The van der Waals surface area contributed by atoms with E-state index in [-0.39, 0.29) is 5.91 Å². The third-order valence-electron chi connectivity index (χ3n) is 3.55. The Hall–Kier alpha value is -3.02. The molecule has 1 amide bonds. The van der Waals surface area contributed by atoms with Gasteiger partial charge < -0.3 is 20.7 Å². The summed E-state index contributed by atoms with van der Waals surface area (Å²) < 4.78 is 5.15. The third kappa shape index (κ3) is 6.18. The zero-order valence-corrected chi connectivity index (χ0v) is 14.8. The Morgan fingerprint density at radius 1 is 1.04 bits per heavy atom. The molecule has 0 unspecified atom stereocenters. The fraction of sp³-hybridized carbons (Fsp3) is 0.263. The van der Waals surface area contributed by atoms with Gasteiger partial charge in [0, 0.05) is 32.7 Å². The first-order valence-corrected chi connectivity index (χ1v) is 8.04. The van der Waals surface area contributed by atoms with Crippen molar-refractivity contribution in [1.29, 1.82) is 0 Å². The second-order valence-corrected chi connectivity index (χ2v) is 5.51. The van der Waals surface area contributed by atoms with E-state index in [0.717, 1.165) is 22.6 Å². The highest BCUT2D eigenvalue weighted by Crippen LogP contribution is 2.11. The number of hydrogen-bond donors (Lipinski definition) is 3. The van der Waals surface area contributed by atoms with Crippen molar-refractivity contribution >= 4 is 17.6 Å². The van der Waals surface area contributed by atoms with Gasteiger partial charge in [-0.3, -0.25) is 9.79 Å². The van der Waals surface area contributed by atoms with E-state index in [1.165, 1.54) is 6.92 Å². The molecule has 0 heterocycles. The van der Waals surface area contributed by atoms with Crippen molar-refractivity contribution in [1.82, 2.24) is 10.6 Å². The zero-order chi connectivity index (χ0) is 18.1. The Labute approximate surface area is 148 Å². The van der Waals surface area contributed by atoms with Gasteiger partial charge in [0.05, 0.1) is 7.11 Å². The first-order valence-electron chi connectivity index (χ1n) is 8.04. The van der Waals surface area contributed by atoms with Crippen LogP contribution in [0.5, 0.6) is 5.75 Å². The van der Waals surface area contributed by atoms with Crippen LogP contribution >= 0.6 is 0 Å². The van der Waals surface area contributed by atoms with Gasteiger partial charge in [0.15, 0.2) is 5.96 Å². The van der Waals surface area contributed by atoms with Crippen molar-refractivity contribution in [3.8, 4) is 5.75 Å². The van der Waals surface area contributed by atoms with Gasteiger partial charge in [0.1, 0.15) is 5.75 Å². The van der Waals surface area contributed by atoms with Gasteiger partial charge in [0.25, 0.3) is 0 Å². The number of benzene rings is 2. The summed E-state index contributed by atoms with van der Waals surface area (Å²) in [5.74, 6) is 1.47. The number of nitrogens with one attached hydrogen (secondary N) is 3. The number of carbonyl (C=O) groups is 1. The number of nitrogens with zero attached hydrogens (tertiary/aromatic N) is 1. The molecule has 2 aromatic rings. The normalized spacial score (nSPS) is 10.9. The molecule has 0 spiro atoms. The van der Waals surface area contributed by atoms with Crippen molar-refractivity contribution in [2.75, 3.05) is 19.5 Å². The molecule has 0 fully saturated rings. The summed E-state index contributed by atoms with van der Waals surface area (Å²) in [6, 6.07) is 15.6. The summed E-state index contributed by atoms with van der Waals surface area (Å²) in [7, 11) is 3.39. The molecule has 0 atom stereocenters. The van der Waals surface area contributed by atoms with E-state index >= 15 is 0 Å². The SMILES string of the molecule is CN=C(NCc1ccc(OC)cc1)NCc1cccc(NC(C)=O)c1. The monoisotopic (exact) mass is 340 g/mol. The van der Waals surface area contributed by atoms with E-state index < -0.39 is 0 Å². The summed E-state index contributed by atoms with van der Waals surface area (Å²) in [6.07, 6.45) is 0. The Morgan fingerprint density at radius 3 is 2.32 bits per heavy atom. The van der Waals surface area contributed by atoms with Crippen LogP contribution in [0.25, 0.3) is 0 Å². The van der Waals surface area contributed by atoms with Crippen LogP contribution in [0, 0.1) is 0 Å². The van der Waals surface area contributed by atoms with Gasteiger partial charge in [-0.15, -0.1) is 0 Å². The Balaban J connectivity index is 1.86. The van der Waals surface area contributed by atoms with Gasteiger partial charge in [-0.05, 0) is 35.4 Å². The summed E-state index contributed by atoms with van der Waals surface area (Å²) in [5.41, 5.74) is 2.98. The molecule has 0 radical (unpaired) electrons. The number of carbonyl (C=O) groups excluding carboxylic acids is 1. The van der Waals surface area contributed by atoms with E-state index in [1.54, 1.807) is 14.2 Å².